The minimum Gasteiger partial charge on any atom is -0.486 e. The van der Waals surface area contributed by atoms with Crippen LogP contribution in [0.1, 0.15) is 47.4 Å². The summed E-state index contributed by atoms with van der Waals surface area (Å²) in [5, 5.41) is 2.80. The highest BCUT2D eigenvalue weighted by atomic mass is 16.5. The molecule has 5 nitrogen and oxygen atoms in total. The average Bonchev–Trinajstić information content (AvgIpc) is 3.00. The van der Waals surface area contributed by atoms with Crippen molar-refractivity contribution in [2.45, 2.75) is 27.4 Å². The molecule has 0 bridgehead atoms. The van der Waals surface area contributed by atoms with Crippen LogP contribution in [0.3, 0.4) is 0 Å². The van der Waals surface area contributed by atoms with E-state index in [1.807, 2.05) is 13.8 Å². The first-order valence-corrected chi connectivity index (χ1v) is 7.56. The Bertz CT molecular complexity index is 671. The maximum atomic E-state index is 11.9. The second-order valence-electron chi connectivity index (χ2n) is 5.74. The van der Waals surface area contributed by atoms with Crippen molar-refractivity contribution < 1.29 is 18.7 Å². The van der Waals surface area contributed by atoms with Crippen molar-refractivity contribution in [2.24, 2.45) is 5.92 Å². The van der Waals surface area contributed by atoms with Crippen LogP contribution in [0.15, 0.2) is 40.8 Å². The Labute approximate surface area is 135 Å². The van der Waals surface area contributed by atoms with E-state index in [0.717, 1.165) is 0 Å². The SMILES string of the molecule is CC(=O)c1ccc(OCc2ccc(C(=O)NCC(C)C)o2)cc1. The van der Waals surface area contributed by atoms with Gasteiger partial charge in [-0.15, -0.1) is 0 Å². The molecule has 0 fully saturated rings. The van der Waals surface area contributed by atoms with E-state index in [1.54, 1.807) is 36.4 Å². The van der Waals surface area contributed by atoms with Crippen molar-refractivity contribution in [3.05, 3.63) is 53.5 Å². The number of furan rings is 1. The molecule has 1 N–H and O–H groups in total. The van der Waals surface area contributed by atoms with Gasteiger partial charge in [-0.1, -0.05) is 13.8 Å². The number of nitrogens with one attached hydrogen (secondary N) is 1. The van der Waals surface area contributed by atoms with Crippen LogP contribution in [0.4, 0.5) is 0 Å². The molecule has 1 aromatic carbocycles. The van der Waals surface area contributed by atoms with Crippen LogP contribution in [0.25, 0.3) is 0 Å². The molecule has 0 radical (unpaired) electrons. The molecule has 0 unspecified atom stereocenters. The van der Waals surface area contributed by atoms with Crippen LogP contribution in [0.5, 0.6) is 5.75 Å². The normalized spacial score (nSPS) is 10.6. The van der Waals surface area contributed by atoms with Crippen molar-refractivity contribution in [1.82, 2.24) is 5.32 Å². The topological polar surface area (TPSA) is 68.5 Å². The lowest BCUT2D eigenvalue weighted by Crippen LogP contribution is -2.26. The van der Waals surface area contributed by atoms with Gasteiger partial charge in [0.1, 0.15) is 18.1 Å². The zero-order valence-corrected chi connectivity index (χ0v) is 13.6. The van der Waals surface area contributed by atoms with Crippen molar-refractivity contribution in [1.29, 1.82) is 0 Å². The molecule has 2 rings (SSSR count). The largest absolute Gasteiger partial charge is 0.486 e. The molecule has 1 aromatic heterocycles. The molecule has 1 heterocycles. The van der Waals surface area contributed by atoms with E-state index in [9.17, 15) is 9.59 Å². The molecule has 0 spiro atoms. The Morgan fingerprint density at radius 3 is 2.43 bits per heavy atom. The Hall–Kier alpha value is -2.56. The van der Waals surface area contributed by atoms with Crippen LogP contribution in [-0.4, -0.2) is 18.2 Å². The Kier molecular flexibility index (Phi) is 5.57. The number of hydrogen-bond acceptors (Lipinski definition) is 4. The number of ketones is 1. The van der Waals surface area contributed by atoms with Gasteiger partial charge in [-0.3, -0.25) is 9.59 Å². The summed E-state index contributed by atoms with van der Waals surface area (Å²) in [5.41, 5.74) is 0.638. The van der Waals surface area contributed by atoms with Crippen LogP contribution in [0.2, 0.25) is 0 Å². The summed E-state index contributed by atoms with van der Waals surface area (Å²) in [7, 11) is 0. The first-order chi connectivity index (χ1) is 11.0. The Morgan fingerprint density at radius 2 is 1.83 bits per heavy atom. The van der Waals surface area contributed by atoms with Crippen molar-refractivity contribution in [3.8, 4) is 5.75 Å². The maximum Gasteiger partial charge on any atom is 0.287 e. The molecular weight excluding hydrogens is 294 g/mol. The van der Waals surface area contributed by atoms with Gasteiger partial charge < -0.3 is 14.5 Å². The lowest BCUT2D eigenvalue weighted by atomic mass is 10.1. The quantitative estimate of drug-likeness (QED) is 0.795. The number of ether oxygens (including phenoxy) is 1. The fraction of sp³-hybridized carbons (Fsp3) is 0.333. The predicted octanol–water partition coefficient (Wildman–Crippen LogP) is 3.45. The lowest BCUT2D eigenvalue weighted by molar-refractivity contribution is 0.0916. The number of carbonyl (C=O) groups excluding carboxylic acids is 2. The van der Waals surface area contributed by atoms with Crippen LogP contribution >= 0.6 is 0 Å². The zero-order chi connectivity index (χ0) is 16.8. The highest BCUT2D eigenvalue weighted by molar-refractivity contribution is 5.94. The number of amides is 1. The first kappa shape index (κ1) is 16.8. The fourth-order valence-electron chi connectivity index (χ4n) is 1.90. The predicted molar refractivity (Wildman–Crippen MR) is 86.7 cm³/mol. The lowest BCUT2D eigenvalue weighted by Gasteiger charge is -2.06. The number of Topliss-reactive ketones (excluding diaryl/α,β-unsaturated/α-hetero) is 1. The fourth-order valence-corrected chi connectivity index (χ4v) is 1.90. The summed E-state index contributed by atoms with van der Waals surface area (Å²) in [6.07, 6.45) is 0. The molecular formula is C18H21NO4. The van der Waals surface area contributed by atoms with E-state index in [4.69, 9.17) is 9.15 Å². The smallest absolute Gasteiger partial charge is 0.287 e. The molecule has 0 aliphatic carbocycles. The third kappa shape index (κ3) is 4.98. The number of benzene rings is 1. The summed E-state index contributed by atoms with van der Waals surface area (Å²) >= 11 is 0. The Balaban J connectivity index is 1.89. The van der Waals surface area contributed by atoms with Gasteiger partial charge >= 0.3 is 0 Å². The molecule has 2 aromatic rings. The number of carbonyl (C=O) groups is 2. The minimum absolute atomic E-state index is 0.0136. The molecule has 0 atom stereocenters. The summed E-state index contributed by atoms with van der Waals surface area (Å²) in [6, 6.07) is 10.2. The standard InChI is InChI=1S/C18H21NO4/c1-12(2)10-19-18(21)17-9-8-16(23-17)11-22-15-6-4-14(5-7-15)13(3)20/h4-9,12H,10-11H2,1-3H3,(H,19,21). The number of hydrogen-bond donors (Lipinski definition) is 1. The highest BCUT2D eigenvalue weighted by Gasteiger charge is 2.11. The van der Waals surface area contributed by atoms with Gasteiger partial charge in [0.2, 0.25) is 0 Å². The second-order valence-corrected chi connectivity index (χ2v) is 5.74. The summed E-state index contributed by atoms with van der Waals surface area (Å²) < 4.78 is 11.1. The van der Waals surface area contributed by atoms with Gasteiger partial charge in [0.05, 0.1) is 0 Å². The van der Waals surface area contributed by atoms with E-state index in [0.29, 0.717) is 29.5 Å². The first-order valence-electron chi connectivity index (χ1n) is 7.56. The van der Waals surface area contributed by atoms with Crippen molar-refractivity contribution in [2.75, 3.05) is 6.54 Å². The number of rotatable bonds is 7. The third-order valence-corrected chi connectivity index (χ3v) is 3.20. The van der Waals surface area contributed by atoms with Crippen LogP contribution in [0, 0.1) is 5.92 Å². The molecule has 0 saturated heterocycles. The van der Waals surface area contributed by atoms with Gasteiger partial charge in [0.15, 0.2) is 11.5 Å². The van der Waals surface area contributed by atoms with Gasteiger partial charge in [-0.25, -0.2) is 0 Å². The second kappa shape index (κ2) is 7.63. The monoisotopic (exact) mass is 315 g/mol. The highest BCUT2D eigenvalue weighted by Crippen LogP contribution is 2.16. The molecule has 0 saturated carbocycles. The van der Waals surface area contributed by atoms with E-state index in [1.165, 1.54) is 6.92 Å². The van der Waals surface area contributed by atoms with E-state index >= 15 is 0 Å². The van der Waals surface area contributed by atoms with Crippen molar-refractivity contribution >= 4 is 11.7 Å². The molecule has 5 heteroatoms. The summed E-state index contributed by atoms with van der Waals surface area (Å²) in [5.74, 6) is 1.65. The molecule has 122 valence electrons. The van der Waals surface area contributed by atoms with E-state index in [2.05, 4.69) is 5.32 Å². The molecule has 1 amide bonds. The minimum atomic E-state index is -0.226. The summed E-state index contributed by atoms with van der Waals surface area (Å²) in [4.78, 5) is 23.1. The van der Waals surface area contributed by atoms with Crippen LogP contribution < -0.4 is 10.1 Å². The molecule has 0 aliphatic heterocycles. The van der Waals surface area contributed by atoms with E-state index in [-0.39, 0.29) is 24.1 Å². The third-order valence-electron chi connectivity index (χ3n) is 3.20. The van der Waals surface area contributed by atoms with Crippen LogP contribution in [-0.2, 0) is 6.61 Å². The zero-order valence-electron chi connectivity index (χ0n) is 13.6. The van der Waals surface area contributed by atoms with Gasteiger partial charge in [-0.05, 0) is 49.2 Å². The van der Waals surface area contributed by atoms with Gasteiger partial charge in [-0.2, -0.15) is 0 Å². The Morgan fingerprint density at radius 1 is 1.13 bits per heavy atom. The summed E-state index contributed by atoms with van der Waals surface area (Å²) in [6.45, 7) is 6.40. The molecule has 0 aliphatic rings. The van der Waals surface area contributed by atoms with Crippen molar-refractivity contribution in [3.63, 3.8) is 0 Å². The van der Waals surface area contributed by atoms with Gasteiger partial charge in [0.25, 0.3) is 5.91 Å². The molecule has 23 heavy (non-hydrogen) atoms. The van der Waals surface area contributed by atoms with Gasteiger partial charge in [0, 0.05) is 12.1 Å². The van der Waals surface area contributed by atoms with E-state index < -0.39 is 0 Å². The maximum absolute atomic E-state index is 11.9. The average molecular weight is 315 g/mol.